The zero-order valence-corrected chi connectivity index (χ0v) is 11.8. The number of fused-ring (bicyclic) bond motifs is 1. The second-order valence-corrected chi connectivity index (χ2v) is 6.03. The molecule has 94 valence electrons. The number of phenolic OH excluding ortho intramolecular Hbond substituents is 1. The molecule has 0 heterocycles. The lowest BCUT2D eigenvalue weighted by molar-refractivity contribution is -0.118. The number of halogens is 1. The number of ketones is 1. The van der Waals surface area contributed by atoms with Gasteiger partial charge in [-0.1, -0.05) is 12.5 Å². The van der Waals surface area contributed by atoms with Crippen LogP contribution in [0.3, 0.4) is 0 Å². The molecule has 2 aliphatic rings. The summed E-state index contributed by atoms with van der Waals surface area (Å²) in [7, 11) is 0. The Balaban J connectivity index is 2.13. The summed E-state index contributed by atoms with van der Waals surface area (Å²) in [5.41, 5.74) is 3.28. The van der Waals surface area contributed by atoms with Gasteiger partial charge in [-0.15, -0.1) is 0 Å². The number of hydrogen-bond acceptors (Lipinski definition) is 2. The average molecular weight is 307 g/mol. The molecular weight excluding hydrogens is 292 g/mol. The lowest BCUT2D eigenvalue weighted by Gasteiger charge is -2.15. The van der Waals surface area contributed by atoms with E-state index in [4.69, 9.17) is 0 Å². The summed E-state index contributed by atoms with van der Waals surface area (Å²) >= 11 is 3.48. The molecule has 0 aliphatic heterocycles. The predicted octanol–water partition coefficient (Wildman–Crippen LogP) is 3.81. The predicted molar refractivity (Wildman–Crippen MR) is 74.5 cm³/mol. The highest BCUT2D eigenvalue weighted by Crippen LogP contribution is 2.51. The van der Waals surface area contributed by atoms with Crippen molar-refractivity contribution >= 4 is 27.3 Å². The quantitative estimate of drug-likeness (QED) is 0.856. The van der Waals surface area contributed by atoms with Crippen LogP contribution in [-0.4, -0.2) is 10.9 Å². The van der Waals surface area contributed by atoms with Crippen LogP contribution < -0.4 is 0 Å². The van der Waals surface area contributed by atoms with Gasteiger partial charge in [-0.3, -0.25) is 4.79 Å². The minimum Gasteiger partial charge on any atom is -0.508 e. The van der Waals surface area contributed by atoms with E-state index in [1.165, 1.54) is 0 Å². The van der Waals surface area contributed by atoms with Crippen LogP contribution in [0.25, 0.3) is 5.57 Å². The number of phenols is 1. The van der Waals surface area contributed by atoms with Crippen LogP contribution in [0.5, 0.6) is 5.75 Å². The van der Waals surface area contributed by atoms with Crippen LogP contribution in [0.15, 0.2) is 22.7 Å². The van der Waals surface area contributed by atoms with E-state index in [9.17, 15) is 9.90 Å². The van der Waals surface area contributed by atoms with Crippen LogP contribution in [0.2, 0.25) is 0 Å². The van der Waals surface area contributed by atoms with Crippen molar-refractivity contribution in [1.82, 2.24) is 0 Å². The van der Waals surface area contributed by atoms with Crippen molar-refractivity contribution in [2.75, 3.05) is 0 Å². The van der Waals surface area contributed by atoms with Crippen molar-refractivity contribution < 1.29 is 9.90 Å². The Kier molecular flexibility index (Phi) is 2.81. The van der Waals surface area contributed by atoms with Gasteiger partial charge in [-0.2, -0.15) is 0 Å². The van der Waals surface area contributed by atoms with Gasteiger partial charge in [-0.05, 0) is 70.4 Å². The number of allylic oxidation sites excluding steroid dienone is 2. The molecule has 2 atom stereocenters. The molecule has 3 rings (SSSR count). The Morgan fingerprint density at radius 3 is 2.72 bits per heavy atom. The van der Waals surface area contributed by atoms with E-state index in [-0.39, 0.29) is 17.5 Å². The number of Topliss-reactive ketones (excluding diaryl/α,β-unsaturated/α-hetero) is 1. The lowest BCUT2D eigenvalue weighted by atomic mass is 9.88. The number of aryl methyl sites for hydroxylation is 1. The van der Waals surface area contributed by atoms with E-state index in [1.807, 2.05) is 13.0 Å². The van der Waals surface area contributed by atoms with Crippen LogP contribution >= 0.6 is 15.9 Å². The van der Waals surface area contributed by atoms with Gasteiger partial charge in [0.1, 0.15) is 5.75 Å². The second-order valence-electron chi connectivity index (χ2n) is 5.24. The first kappa shape index (κ1) is 12.0. The SMILES string of the molecule is Cc1cc(O)ccc1C1=C(Br)C(=O)C2CCCC12. The molecule has 2 nitrogen and oxygen atoms in total. The maximum Gasteiger partial charge on any atom is 0.173 e. The molecule has 0 bridgehead atoms. The normalized spacial score (nSPS) is 26.9. The van der Waals surface area contributed by atoms with Crippen LogP contribution in [0.4, 0.5) is 0 Å². The second kappa shape index (κ2) is 4.23. The highest BCUT2D eigenvalue weighted by molar-refractivity contribution is 9.12. The highest BCUT2D eigenvalue weighted by Gasteiger charge is 2.44. The first-order valence-electron chi connectivity index (χ1n) is 6.33. The molecule has 1 saturated carbocycles. The van der Waals surface area contributed by atoms with E-state index in [0.29, 0.717) is 5.92 Å². The van der Waals surface area contributed by atoms with Gasteiger partial charge in [0, 0.05) is 5.92 Å². The molecule has 3 heteroatoms. The van der Waals surface area contributed by atoms with Crippen LogP contribution in [-0.2, 0) is 4.79 Å². The fourth-order valence-corrected chi connectivity index (χ4v) is 4.15. The van der Waals surface area contributed by atoms with Gasteiger partial charge in [0.2, 0.25) is 0 Å². The summed E-state index contributed by atoms with van der Waals surface area (Å²) in [5, 5.41) is 9.49. The first-order chi connectivity index (χ1) is 8.59. The molecular formula is C15H15BrO2. The molecule has 0 spiro atoms. The summed E-state index contributed by atoms with van der Waals surface area (Å²) in [6.07, 6.45) is 3.25. The number of aromatic hydroxyl groups is 1. The minimum absolute atomic E-state index is 0.183. The molecule has 0 radical (unpaired) electrons. The van der Waals surface area contributed by atoms with Gasteiger partial charge in [0.25, 0.3) is 0 Å². The van der Waals surface area contributed by atoms with Crippen LogP contribution in [0, 0.1) is 18.8 Å². The van der Waals surface area contributed by atoms with E-state index in [2.05, 4.69) is 15.9 Å². The highest BCUT2D eigenvalue weighted by atomic mass is 79.9. The fraction of sp³-hybridized carbons (Fsp3) is 0.400. The van der Waals surface area contributed by atoms with Crippen LogP contribution in [0.1, 0.15) is 30.4 Å². The van der Waals surface area contributed by atoms with Gasteiger partial charge in [0.15, 0.2) is 5.78 Å². The number of rotatable bonds is 1. The van der Waals surface area contributed by atoms with Gasteiger partial charge in [-0.25, -0.2) is 0 Å². The zero-order chi connectivity index (χ0) is 12.9. The summed E-state index contributed by atoms with van der Waals surface area (Å²) in [6.45, 7) is 1.98. The largest absolute Gasteiger partial charge is 0.508 e. The molecule has 1 N–H and O–H groups in total. The summed E-state index contributed by atoms with van der Waals surface area (Å²) in [6, 6.07) is 5.38. The van der Waals surface area contributed by atoms with Gasteiger partial charge < -0.3 is 5.11 Å². The first-order valence-corrected chi connectivity index (χ1v) is 7.12. The summed E-state index contributed by atoms with van der Waals surface area (Å²) in [4.78, 5) is 12.2. The Morgan fingerprint density at radius 2 is 2.00 bits per heavy atom. The third-order valence-electron chi connectivity index (χ3n) is 4.18. The maximum atomic E-state index is 12.2. The number of carbonyl (C=O) groups is 1. The van der Waals surface area contributed by atoms with Crippen molar-refractivity contribution in [1.29, 1.82) is 0 Å². The van der Waals surface area contributed by atoms with Gasteiger partial charge in [0.05, 0.1) is 4.48 Å². The van der Waals surface area contributed by atoms with E-state index in [0.717, 1.165) is 40.4 Å². The van der Waals surface area contributed by atoms with Crippen molar-refractivity contribution in [3.63, 3.8) is 0 Å². The number of carbonyl (C=O) groups excluding carboxylic acids is 1. The molecule has 2 unspecified atom stereocenters. The molecule has 18 heavy (non-hydrogen) atoms. The minimum atomic E-state index is 0.183. The van der Waals surface area contributed by atoms with Gasteiger partial charge >= 0.3 is 0 Å². The molecule has 0 saturated heterocycles. The van der Waals surface area contributed by atoms with E-state index >= 15 is 0 Å². The molecule has 1 aromatic rings. The Bertz CT molecular complexity index is 560. The molecule has 0 amide bonds. The summed E-state index contributed by atoms with van der Waals surface area (Å²) in [5.74, 6) is 1.10. The third kappa shape index (κ3) is 1.64. The van der Waals surface area contributed by atoms with Crippen molar-refractivity contribution in [3.8, 4) is 5.75 Å². The zero-order valence-electron chi connectivity index (χ0n) is 10.2. The van der Waals surface area contributed by atoms with E-state index in [1.54, 1.807) is 12.1 Å². The standard InChI is InChI=1S/C15H15BrO2/c1-8-7-9(17)5-6-10(8)13-11-3-2-4-12(11)15(18)14(13)16/h5-7,11-12,17H,2-4H2,1H3. The topological polar surface area (TPSA) is 37.3 Å². The van der Waals surface area contributed by atoms with Crippen molar-refractivity contribution in [3.05, 3.63) is 33.8 Å². The molecule has 0 aromatic heterocycles. The third-order valence-corrected chi connectivity index (χ3v) is 4.99. The maximum absolute atomic E-state index is 12.2. The Labute approximate surface area is 115 Å². The van der Waals surface area contributed by atoms with E-state index < -0.39 is 0 Å². The van der Waals surface area contributed by atoms with Crippen molar-refractivity contribution in [2.45, 2.75) is 26.2 Å². The Morgan fingerprint density at radius 1 is 1.28 bits per heavy atom. The summed E-state index contributed by atoms with van der Waals surface area (Å²) < 4.78 is 0.756. The molecule has 2 aliphatic carbocycles. The number of benzene rings is 1. The molecule has 1 fully saturated rings. The average Bonchev–Trinajstić information content (AvgIpc) is 2.87. The molecule has 1 aromatic carbocycles. The fourth-order valence-electron chi connectivity index (χ4n) is 3.35. The van der Waals surface area contributed by atoms with Crippen molar-refractivity contribution in [2.24, 2.45) is 11.8 Å². The smallest absolute Gasteiger partial charge is 0.173 e. The number of hydrogen-bond donors (Lipinski definition) is 1. The Hall–Kier alpha value is -1.09. The monoisotopic (exact) mass is 306 g/mol. The lowest BCUT2D eigenvalue weighted by Crippen LogP contribution is -2.10.